The molecule has 1 N–H and O–H groups in total. The van der Waals surface area contributed by atoms with Gasteiger partial charge in [0.2, 0.25) is 0 Å². The van der Waals surface area contributed by atoms with Gasteiger partial charge in [-0.1, -0.05) is 32.5 Å². The third-order valence-corrected chi connectivity index (χ3v) is 6.18. The average molecular weight is 236 g/mol. The SMILES string of the molecule is C[C@@H]1C[C@H]2[C@@H](C[C@@H]1Sc1ncc[nH]1)C2(C)C. The second kappa shape index (κ2) is 3.52. The molecule has 3 rings (SSSR count). The molecule has 1 aromatic heterocycles. The molecule has 4 atom stereocenters. The van der Waals surface area contributed by atoms with Gasteiger partial charge in [0.05, 0.1) is 0 Å². The number of hydrogen-bond donors (Lipinski definition) is 1. The summed E-state index contributed by atoms with van der Waals surface area (Å²) in [6, 6.07) is 0. The molecular weight excluding hydrogens is 216 g/mol. The Labute approximate surface area is 102 Å². The van der Waals surface area contributed by atoms with Crippen molar-refractivity contribution in [2.45, 2.75) is 44.0 Å². The number of nitrogens with zero attached hydrogens (tertiary/aromatic N) is 1. The molecule has 2 aliphatic carbocycles. The van der Waals surface area contributed by atoms with Gasteiger partial charge in [0.15, 0.2) is 5.16 Å². The third-order valence-electron chi connectivity index (χ3n) is 4.77. The Hall–Kier alpha value is -0.440. The maximum atomic E-state index is 4.33. The van der Waals surface area contributed by atoms with Gasteiger partial charge in [-0.25, -0.2) is 4.98 Å². The maximum absolute atomic E-state index is 4.33. The van der Waals surface area contributed by atoms with Crippen LogP contribution in [-0.2, 0) is 0 Å². The van der Waals surface area contributed by atoms with Gasteiger partial charge in [0.25, 0.3) is 0 Å². The lowest BCUT2D eigenvalue weighted by molar-refractivity contribution is 0.379. The van der Waals surface area contributed by atoms with Crippen molar-refractivity contribution in [3.63, 3.8) is 0 Å². The summed E-state index contributed by atoms with van der Waals surface area (Å²) in [5, 5.41) is 1.85. The summed E-state index contributed by atoms with van der Waals surface area (Å²) >= 11 is 1.94. The Morgan fingerprint density at radius 3 is 2.81 bits per heavy atom. The lowest BCUT2D eigenvalue weighted by Gasteiger charge is -2.26. The molecule has 0 saturated heterocycles. The molecule has 2 fully saturated rings. The first-order valence-electron chi connectivity index (χ1n) is 6.25. The van der Waals surface area contributed by atoms with Crippen LogP contribution in [0.2, 0.25) is 0 Å². The molecule has 0 aromatic carbocycles. The Bertz CT molecular complexity index is 371. The minimum Gasteiger partial charge on any atom is -0.340 e. The molecule has 88 valence electrons. The van der Waals surface area contributed by atoms with Crippen LogP contribution in [0.25, 0.3) is 0 Å². The van der Waals surface area contributed by atoms with E-state index in [4.69, 9.17) is 0 Å². The Balaban J connectivity index is 1.68. The third kappa shape index (κ3) is 1.60. The van der Waals surface area contributed by atoms with E-state index in [9.17, 15) is 0 Å². The van der Waals surface area contributed by atoms with E-state index in [-0.39, 0.29) is 0 Å². The molecule has 0 aliphatic heterocycles. The Morgan fingerprint density at radius 2 is 2.12 bits per heavy atom. The quantitative estimate of drug-likeness (QED) is 0.850. The Morgan fingerprint density at radius 1 is 1.38 bits per heavy atom. The monoisotopic (exact) mass is 236 g/mol. The van der Waals surface area contributed by atoms with Gasteiger partial charge in [0, 0.05) is 17.6 Å². The van der Waals surface area contributed by atoms with Crippen LogP contribution in [0.4, 0.5) is 0 Å². The van der Waals surface area contributed by atoms with Crippen LogP contribution in [0.1, 0.15) is 33.6 Å². The second-order valence-corrected chi connectivity index (χ2v) is 7.26. The first kappa shape index (κ1) is 10.7. The number of rotatable bonds is 2. The number of hydrogen-bond acceptors (Lipinski definition) is 2. The molecule has 0 amide bonds. The highest BCUT2D eigenvalue weighted by molar-refractivity contribution is 7.99. The fourth-order valence-corrected chi connectivity index (χ4v) is 4.64. The summed E-state index contributed by atoms with van der Waals surface area (Å²) in [7, 11) is 0. The van der Waals surface area contributed by atoms with Crippen molar-refractivity contribution in [2.75, 3.05) is 0 Å². The predicted molar refractivity (Wildman–Crippen MR) is 67.4 cm³/mol. The van der Waals surface area contributed by atoms with Crippen LogP contribution in [-0.4, -0.2) is 15.2 Å². The molecule has 1 heterocycles. The number of nitrogens with one attached hydrogen (secondary N) is 1. The van der Waals surface area contributed by atoms with Crippen molar-refractivity contribution in [1.29, 1.82) is 0 Å². The zero-order valence-corrected chi connectivity index (χ0v) is 11.1. The topological polar surface area (TPSA) is 28.7 Å². The summed E-state index contributed by atoms with van der Waals surface area (Å²) in [6.07, 6.45) is 6.56. The minimum atomic E-state index is 0.618. The van der Waals surface area contributed by atoms with Gasteiger partial charge in [-0.2, -0.15) is 0 Å². The van der Waals surface area contributed by atoms with E-state index >= 15 is 0 Å². The van der Waals surface area contributed by atoms with E-state index in [0.717, 1.165) is 28.2 Å². The number of aromatic amines is 1. The highest BCUT2D eigenvalue weighted by atomic mass is 32.2. The summed E-state index contributed by atoms with van der Waals surface area (Å²) in [6.45, 7) is 7.29. The van der Waals surface area contributed by atoms with E-state index in [1.807, 2.05) is 24.2 Å². The minimum absolute atomic E-state index is 0.618. The van der Waals surface area contributed by atoms with Crippen molar-refractivity contribution in [3.05, 3.63) is 12.4 Å². The largest absolute Gasteiger partial charge is 0.340 e. The maximum Gasteiger partial charge on any atom is 0.165 e. The fourth-order valence-electron chi connectivity index (χ4n) is 3.45. The molecule has 2 saturated carbocycles. The summed E-state index contributed by atoms with van der Waals surface area (Å²) in [5.41, 5.74) is 0.618. The van der Waals surface area contributed by atoms with Crippen LogP contribution in [0.15, 0.2) is 17.6 Å². The van der Waals surface area contributed by atoms with Gasteiger partial charge < -0.3 is 4.98 Å². The van der Waals surface area contributed by atoms with Crippen LogP contribution >= 0.6 is 11.8 Å². The lowest BCUT2D eigenvalue weighted by Crippen LogP contribution is -2.20. The zero-order chi connectivity index (χ0) is 11.3. The van der Waals surface area contributed by atoms with Gasteiger partial charge >= 0.3 is 0 Å². The van der Waals surface area contributed by atoms with Crippen molar-refractivity contribution >= 4 is 11.8 Å². The molecule has 2 aliphatic rings. The van der Waals surface area contributed by atoms with E-state index in [2.05, 4.69) is 30.7 Å². The number of imidazole rings is 1. The molecule has 1 aromatic rings. The Kier molecular flexibility index (Phi) is 2.36. The first-order chi connectivity index (χ1) is 7.59. The molecular formula is C13H20N2S. The highest BCUT2D eigenvalue weighted by Gasteiger charge is 2.60. The summed E-state index contributed by atoms with van der Waals surface area (Å²) in [4.78, 5) is 7.53. The predicted octanol–water partition coefficient (Wildman–Crippen LogP) is 3.57. The first-order valence-corrected chi connectivity index (χ1v) is 7.13. The molecule has 0 unspecified atom stereocenters. The van der Waals surface area contributed by atoms with Crippen molar-refractivity contribution in [1.82, 2.24) is 9.97 Å². The second-order valence-electron chi connectivity index (χ2n) is 6.03. The van der Waals surface area contributed by atoms with E-state index < -0.39 is 0 Å². The zero-order valence-electron chi connectivity index (χ0n) is 10.2. The number of thioether (sulfide) groups is 1. The van der Waals surface area contributed by atoms with Gasteiger partial charge in [-0.3, -0.25) is 0 Å². The van der Waals surface area contributed by atoms with E-state index in [0.29, 0.717) is 5.41 Å². The van der Waals surface area contributed by atoms with E-state index in [1.54, 1.807) is 0 Å². The number of aromatic nitrogens is 2. The van der Waals surface area contributed by atoms with Gasteiger partial charge in [0.1, 0.15) is 0 Å². The van der Waals surface area contributed by atoms with Gasteiger partial charge in [-0.15, -0.1) is 0 Å². The number of fused-ring (bicyclic) bond motifs is 1. The van der Waals surface area contributed by atoms with Gasteiger partial charge in [-0.05, 0) is 36.0 Å². The highest BCUT2D eigenvalue weighted by Crippen LogP contribution is 2.67. The lowest BCUT2D eigenvalue weighted by atomic mass is 9.90. The van der Waals surface area contributed by atoms with Crippen LogP contribution in [0.5, 0.6) is 0 Å². The standard InChI is InChI=1S/C13H20N2S/c1-8-6-9-10(13(9,2)3)7-11(8)16-12-14-4-5-15-12/h4-5,8-11H,6-7H2,1-3H3,(H,14,15)/t8-,9+,10-,11+/m1/s1. The molecule has 2 nitrogen and oxygen atoms in total. The van der Waals surface area contributed by atoms with Crippen LogP contribution in [0, 0.1) is 23.2 Å². The molecule has 0 spiro atoms. The summed E-state index contributed by atoms with van der Waals surface area (Å²) < 4.78 is 0. The average Bonchev–Trinajstić information content (AvgIpc) is 2.68. The molecule has 0 bridgehead atoms. The smallest absolute Gasteiger partial charge is 0.165 e. The van der Waals surface area contributed by atoms with Crippen molar-refractivity contribution < 1.29 is 0 Å². The molecule has 0 radical (unpaired) electrons. The van der Waals surface area contributed by atoms with Crippen LogP contribution in [0.3, 0.4) is 0 Å². The van der Waals surface area contributed by atoms with Crippen LogP contribution < -0.4 is 0 Å². The molecule has 3 heteroatoms. The van der Waals surface area contributed by atoms with Crippen molar-refractivity contribution in [3.8, 4) is 0 Å². The van der Waals surface area contributed by atoms with Crippen molar-refractivity contribution in [2.24, 2.45) is 23.2 Å². The number of H-pyrrole nitrogens is 1. The van der Waals surface area contributed by atoms with E-state index in [1.165, 1.54) is 12.8 Å². The fraction of sp³-hybridized carbons (Fsp3) is 0.769. The molecule has 16 heavy (non-hydrogen) atoms. The normalized spacial score (nSPS) is 40.4. The summed E-state index contributed by atoms with van der Waals surface area (Å²) in [5.74, 6) is 2.80.